The molecule has 0 fully saturated rings. The highest BCUT2D eigenvalue weighted by Gasteiger charge is 2.22. The van der Waals surface area contributed by atoms with Crippen molar-refractivity contribution in [2.24, 2.45) is 11.8 Å². The molecule has 266 valence electrons. The average Bonchev–Trinajstić information content (AvgIpc) is 3.73. The van der Waals surface area contributed by atoms with Crippen molar-refractivity contribution in [2.45, 2.75) is 87.0 Å². The van der Waals surface area contributed by atoms with Crippen LogP contribution in [0.25, 0.3) is 44.4 Å². The number of rotatable bonds is 13. The van der Waals surface area contributed by atoms with E-state index >= 15 is 0 Å². The van der Waals surface area contributed by atoms with Crippen LogP contribution in [0.3, 0.4) is 0 Å². The van der Waals surface area contributed by atoms with E-state index in [0.717, 1.165) is 72.6 Å². The largest absolute Gasteiger partial charge is 0.457 e. The molecular formula is C47H52N4O. The van der Waals surface area contributed by atoms with E-state index in [1.807, 2.05) is 29.1 Å². The lowest BCUT2D eigenvalue weighted by Crippen LogP contribution is -2.10. The number of hydrogen-bond acceptors (Lipinski definition) is 3. The summed E-state index contributed by atoms with van der Waals surface area (Å²) in [5.41, 5.74) is 13.0. The molecule has 0 unspecified atom stereocenters. The highest BCUT2D eigenvalue weighted by atomic mass is 16.5. The summed E-state index contributed by atoms with van der Waals surface area (Å²) in [6.45, 7) is 16.1. The molecule has 0 spiro atoms. The van der Waals surface area contributed by atoms with Crippen molar-refractivity contribution in [3.8, 4) is 34.1 Å². The number of aryl methyl sites for hydroxylation is 3. The highest BCUT2D eigenvalue weighted by molar-refractivity contribution is 6.09. The molecule has 0 aliphatic carbocycles. The summed E-state index contributed by atoms with van der Waals surface area (Å²) < 4.78 is 10.8. The van der Waals surface area contributed by atoms with E-state index in [1.54, 1.807) is 0 Å². The second kappa shape index (κ2) is 15.2. The maximum absolute atomic E-state index is 6.59. The summed E-state index contributed by atoms with van der Waals surface area (Å²) in [6, 6.07) is 29.8. The Hall–Kier alpha value is -5.16. The molecule has 3 aromatic heterocycles. The molecule has 5 heteroatoms. The zero-order valence-corrected chi connectivity index (χ0v) is 31.9. The van der Waals surface area contributed by atoms with Gasteiger partial charge in [0.05, 0.1) is 22.9 Å². The Morgan fingerprint density at radius 3 is 2.08 bits per heavy atom. The number of pyridine rings is 1. The number of aromatic nitrogens is 4. The van der Waals surface area contributed by atoms with Crippen molar-refractivity contribution in [1.82, 2.24) is 19.3 Å². The van der Waals surface area contributed by atoms with Gasteiger partial charge in [0.1, 0.15) is 17.3 Å². The van der Waals surface area contributed by atoms with Crippen molar-refractivity contribution >= 4 is 21.8 Å². The second-order valence-corrected chi connectivity index (χ2v) is 15.2. The molecule has 0 aliphatic rings. The normalized spacial score (nSPS) is 11.8. The van der Waals surface area contributed by atoms with Crippen molar-refractivity contribution < 1.29 is 4.74 Å². The lowest BCUT2D eigenvalue weighted by atomic mass is 9.80. The molecule has 7 aromatic rings. The number of nitrogens with zero attached hydrogens (tertiary/aromatic N) is 4. The van der Waals surface area contributed by atoms with Gasteiger partial charge in [-0.2, -0.15) is 5.10 Å². The van der Waals surface area contributed by atoms with E-state index in [-0.39, 0.29) is 0 Å². The molecular weight excluding hydrogens is 637 g/mol. The Morgan fingerprint density at radius 2 is 1.38 bits per heavy atom. The molecule has 0 bridgehead atoms. The first kappa shape index (κ1) is 35.3. The Morgan fingerprint density at radius 1 is 0.692 bits per heavy atom. The Labute approximate surface area is 309 Å². The van der Waals surface area contributed by atoms with E-state index in [2.05, 4.69) is 132 Å². The predicted octanol–water partition coefficient (Wildman–Crippen LogP) is 12.4. The van der Waals surface area contributed by atoms with Gasteiger partial charge in [-0.3, -0.25) is 4.57 Å². The van der Waals surface area contributed by atoms with E-state index in [4.69, 9.17) is 14.8 Å². The third-order valence-corrected chi connectivity index (χ3v) is 9.96. The zero-order chi connectivity index (χ0) is 36.4. The van der Waals surface area contributed by atoms with Crippen LogP contribution >= 0.6 is 0 Å². The van der Waals surface area contributed by atoms with Gasteiger partial charge in [-0.1, -0.05) is 84.7 Å². The lowest BCUT2D eigenvalue weighted by molar-refractivity contribution is 0.483. The Kier molecular flexibility index (Phi) is 10.3. The first-order valence-electron chi connectivity index (χ1n) is 19.2. The van der Waals surface area contributed by atoms with Crippen LogP contribution in [-0.4, -0.2) is 19.3 Å². The van der Waals surface area contributed by atoms with Gasteiger partial charge < -0.3 is 4.74 Å². The van der Waals surface area contributed by atoms with Crippen molar-refractivity contribution in [3.05, 3.63) is 131 Å². The van der Waals surface area contributed by atoms with Crippen LogP contribution in [0.2, 0.25) is 0 Å². The van der Waals surface area contributed by atoms with Crippen LogP contribution in [0.4, 0.5) is 0 Å². The lowest BCUT2D eigenvalue weighted by Gasteiger charge is -2.24. The minimum Gasteiger partial charge on any atom is -0.457 e. The molecule has 5 nitrogen and oxygen atoms in total. The second-order valence-electron chi connectivity index (χ2n) is 15.2. The van der Waals surface area contributed by atoms with Crippen LogP contribution in [0.15, 0.2) is 104 Å². The van der Waals surface area contributed by atoms with Gasteiger partial charge in [0.25, 0.3) is 0 Å². The molecule has 7 rings (SSSR count). The third kappa shape index (κ3) is 7.14. The van der Waals surface area contributed by atoms with Crippen LogP contribution in [0.5, 0.6) is 11.5 Å². The number of fused-ring (bicyclic) bond motifs is 3. The molecule has 4 aromatic carbocycles. The quantitative estimate of drug-likeness (QED) is 0.121. The molecule has 0 aliphatic heterocycles. The fourth-order valence-electron chi connectivity index (χ4n) is 7.83. The van der Waals surface area contributed by atoms with E-state index in [1.165, 1.54) is 49.7 Å². The highest BCUT2D eigenvalue weighted by Crippen LogP contribution is 2.38. The minimum absolute atomic E-state index is 0.565. The molecule has 0 atom stereocenters. The summed E-state index contributed by atoms with van der Waals surface area (Å²) in [5.74, 6) is 3.57. The number of para-hydroxylation sites is 1. The fourth-order valence-corrected chi connectivity index (χ4v) is 7.83. The average molecular weight is 689 g/mol. The summed E-state index contributed by atoms with van der Waals surface area (Å²) >= 11 is 0. The number of hydrogen-bond donors (Lipinski definition) is 0. The summed E-state index contributed by atoms with van der Waals surface area (Å²) in [6.07, 6.45) is 12.8. The van der Waals surface area contributed by atoms with Gasteiger partial charge in [0.2, 0.25) is 0 Å². The molecule has 3 heterocycles. The molecule has 0 N–H and O–H groups in total. The van der Waals surface area contributed by atoms with Gasteiger partial charge in [0.15, 0.2) is 0 Å². The Balaban J connectivity index is 1.27. The van der Waals surface area contributed by atoms with Gasteiger partial charge in [-0.05, 0) is 120 Å². The molecule has 0 radical (unpaired) electrons. The fraction of sp³-hybridized carbons (Fsp3) is 0.319. The topological polar surface area (TPSA) is 44.9 Å². The van der Waals surface area contributed by atoms with Gasteiger partial charge >= 0.3 is 0 Å². The van der Waals surface area contributed by atoms with Crippen LogP contribution in [-0.2, 0) is 25.7 Å². The number of ether oxygens (including phenoxy) is 1. The standard InChI is InChI=1S/C47H52N4O/c1-8-13-34-26-35(14-9-2)43(24-32(5)6)47(42(34)23-31(3)4)36-29-49-50(30-36)37-15-12-16-38(27-37)52-39-19-20-41-40-17-10-11-18-44(40)51(45(41)28-39)46-25-33(7)21-22-48-46/h10-12,15-22,25-32H,8-9,13-14,23-24H2,1-7H3. The first-order valence-corrected chi connectivity index (χ1v) is 19.2. The maximum atomic E-state index is 6.59. The molecule has 52 heavy (non-hydrogen) atoms. The molecule has 0 saturated heterocycles. The van der Waals surface area contributed by atoms with Crippen molar-refractivity contribution in [2.75, 3.05) is 0 Å². The van der Waals surface area contributed by atoms with Crippen LogP contribution in [0, 0.1) is 18.8 Å². The van der Waals surface area contributed by atoms with Crippen molar-refractivity contribution in [1.29, 1.82) is 0 Å². The van der Waals surface area contributed by atoms with E-state index in [0.29, 0.717) is 11.8 Å². The first-order chi connectivity index (χ1) is 25.2. The smallest absolute Gasteiger partial charge is 0.137 e. The van der Waals surface area contributed by atoms with Crippen LogP contribution < -0.4 is 4.74 Å². The molecule has 0 amide bonds. The van der Waals surface area contributed by atoms with Crippen LogP contribution in [0.1, 0.15) is 82.2 Å². The Bertz CT molecular complexity index is 2300. The summed E-state index contributed by atoms with van der Waals surface area (Å²) in [4.78, 5) is 4.74. The summed E-state index contributed by atoms with van der Waals surface area (Å²) in [5, 5.41) is 7.33. The third-order valence-electron chi connectivity index (χ3n) is 9.96. The zero-order valence-electron chi connectivity index (χ0n) is 31.9. The minimum atomic E-state index is 0.565. The summed E-state index contributed by atoms with van der Waals surface area (Å²) in [7, 11) is 0. The predicted molar refractivity (Wildman–Crippen MR) is 217 cm³/mol. The van der Waals surface area contributed by atoms with Gasteiger partial charge in [-0.15, -0.1) is 0 Å². The maximum Gasteiger partial charge on any atom is 0.137 e. The molecule has 0 saturated carbocycles. The number of benzene rings is 4. The van der Waals surface area contributed by atoms with E-state index < -0.39 is 0 Å². The van der Waals surface area contributed by atoms with E-state index in [9.17, 15) is 0 Å². The van der Waals surface area contributed by atoms with Gasteiger partial charge in [0, 0.05) is 40.9 Å². The van der Waals surface area contributed by atoms with Crippen molar-refractivity contribution in [3.63, 3.8) is 0 Å². The van der Waals surface area contributed by atoms with Gasteiger partial charge in [-0.25, -0.2) is 9.67 Å². The monoisotopic (exact) mass is 688 g/mol. The SMILES string of the molecule is CCCc1cc(CCC)c(CC(C)C)c(-c2cnn(-c3cccc(Oc4ccc5c6ccccc6n(-c6cc(C)ccn6)c5c4)c3)c2)c1CC(C)C.